The molecule has 0 fully saturated rings. The molecular formula is C26H35FO3. The predicted molar refractivity (Wildman–Crippen MR) is 120 cm³/mol. The molecule has 0 aliphatic rings. The Morgan fingerprint density at radius 3 is 2.20 bits per heavy atom. The lowest BCUT2D eigenvalue weighted by Crippen LogP contribution is -2.09. The summed E-state index contributed by atoms with van der Waals surface area (Å²) in [4.78, 5) is 12.3. The third-order valence-corrected chi connectivity index (χ3v) is 5.13. The fraction of sp³-hybridized carbons (Fsp3) is 0.500. The van der Waals surface area contributed by atoms with Crippen LogP contribution in [0.3, 0.4) is 0 Å². The zero-order valence-electron chi connectivity index (χ0n) is 18.4. The molecule has 164 valence electrons. The molecule has 0 bridgehead atoms. The molecule has 30 heavy (non-hydrogen) atoms. The van der Waals surface area contributed by atoms with Crippen molar-refractivity contribution in [2.45, 2.75) is 78.1 Å². The number of benzene rings is 2. The minimum Gasteiger partial charge on any atom is -0.491 e. The van der Waals surface area contributed by atoms with Crippen molar-refractivity contribution in [2.75, 3.05) is 6.61 Å². The zero-order valence-corrected chi connectivity index (χ0v) is 18.4. The number of hydrogen-bond acceptors (Lipinski definition) is 3. The third kappa shape index (κ3) is 8.56. The Morgan fingerprint density at radius 1 is 0.833 bits per heavy atom. The first-order valence-corrected chi connectivity index (χ1v) is 11.4. The van der Waals surface area contributed by atoms with E-state index in [1.165, 1.54) is 56.2 Å². The lowest BCUT2D eigenvalue weighted by molar-refractivity contribution is 0.0734. The highest BCUT2D eigenvalue weighted by Crippen LogP contribution is 2.21. The first-order valence-electron chi connectivity index (χ1n) is 11.4. The number of halogens is 1. The second-order valence-corrected chi connectivity index (χ2v) is 7.75. The van der Waals surface area contributed by atoms with Crippen molar-refractivity contribution >= 4 is 5.97 Å². The highest BCUT2D eigenvalue weighted by molar-refractivity contribution is 5.91. The summed E-state index contributed by atoms with van der Waals surface area (Å²) in [6.07, 6.45) is 11.5. The summed E-state index contributed by atoms with van der Waals surface area (Å²) in [5, 5.41) is 0. The Labute approximate surface area is 180 Å². The Morgan fingerprint density at radius 2 is 1.50 bits per heavy atom. The van der Waals surface area contributed by atoms with Crippen molar-refractivity contribution in [1.29, 1.82) is 0 Å². The van der Waals surface area contributed by atoms with E-state index in [9.17, 15) is 9.18 Å². The maximum atomic E-state index is 14.3. The molecule has 2 aromatic carbocycles. The van der Waals surface area contributed by atoms with Gasteiger partial charge in [0, 0.05) is 0 Å². The highest BCUT2D eigenvalue weighted by atomic mass is 19.1. The van der Waals surface area contributed by atoms with Crippen LogP contribution in [-0.4, -0.2) is 12.6 Å². The maximum Gasteiger partial charge on any atom is 0.343 e. The largest absolute Gasteiger partial charge is 0.491 e. The molecule has 2 aromatic rings. The Kier molecular flexibility index (Phi) is 11.0. The Bertz CT molecular complexity index is 755. The van der Waals surface area contributed by atoms with E-state index in [0.29, 0.717) is 12.4 Å². The van der Waals surface area contributed by atoms with E-state index in [4.69, 9.17) is 9.47 Å². The first-order chi connectivity index (χ1) is 14.6. The lowest BCUT2D eigenvalue weighted by atomic mass is 10.1. The van der Waals surface area contributed by atoms with Gasteiger partial charge in [0.15, 0.2) is 11.6 Å². The van der Waals surface area contributed by atoms with Crippen LogP contribution >= 0.6 is 0 Å². The molecule has 0 aromatic heterocycles. The number of aryl methyl sites for hydroxylation is 1. The van der Waals surface area contributed by atoms with E-state index < -0.39 is 11.8 Å². The topological polar surface area (TPSA) is 35.5 Å². The van der Waals surface area contributed by atoms with E-state index in [1.807, 2.05) is 12.1 Å². The van der Waals surface area contributed by atoms with Crippen molar-refractivity contribution in [3.05, 3.63) is 59.4 Å². The minimum absolute atomic E-state index is 0.173. The summed E-state index contributed by atoms with van der Waals surface area (Å²) >= 11 is 0. The molecule has 0 atom stereocenters. The Balaban J connectivity index is 1.80. The van der Waals surface area contributed by atoms with Gasteiger partial charge in [-0.25, -0.2) is 9.18 Å². The molecule has 0 heterocycles. The summed E-state index contributed by atoms with van der Waals surface area (Å²) in [5.41, 5.74) is 1.40. The number of hydrogen-bond donors (Lipinski definition) is 0. The normalized spacial score (nSPS) is 10.8. The summed E-state index contributed by atoms with van der Waals surface area (Å²) in [5.74, 6) is -0.476. The van der Waals surface area contributed by atoms with Crippen molar-refractivity contribution in [3.8, 4) is 11.5 Å². The van der Waals surface area contributed by atoms with Gasteiger partial charge in [-0.1, -0.05) is 70.9 Å². The summed E-state index contributed by atoms with van der Waals surface area (Å²) in [7, 11) is 0. The molecule has 0 radical (unpaired) electrons. The average molecular weight is 415 g/mol. The molecule has 4 heteroatoms. The SMILES string of the molecule is CCCCCCCCOc1ccc(C(=O)Oc2ccc(CCCCC)cc2)cc1F. The number of rotatable bonds is 14. The number of esters is 1. The van der Waals surface area contributed by atoms with Gasteiger partial charge in [0.25, 0.3) is 0 Å². The molecule has 2 rings (SSSR count). The lowest BCUT2D eigenvalue weighted by Gasteiger charge is -2.09. The first kappa shape index (κ1) is 23.9. The molecule has 0 spiro atoms. The van der Waals surface area contributed by atoms with Gasteiger partial charge >= 0.3 is 5.97 Å². The molecule has 0 unspecified atom stereocenters. The van der Waals surface area contributed by atoms with Crippen molar-refractivity contribution in [2.24, 2.45) is 0 Å². The number of unbranched alkanes of at least 4 members (excludes halogenated alkanes) is 7. The smallest absolute Gasteiger partial charge is 0.343 e. The molecule has 0 saturated carbocycles. The minimum atomic E-state index is -0.574. The van der Waals surface area contributed by atoms with Crippen molar-refractivity contribution < 1.29 is 18.7 Å². The fourth-order valence-corrected chi connectivity index (χ4v) is 3.28. The van der Waals surface area contributed by atoms with Gasteiger partial charge in [-0.2, -0.15) is 0 Å². The van der Waals surface area contributed by atoms with E-state index >= 15 is 0 Å². The highest BCUT2D eigenvalue weighted by Gasteiger charge is 2.13. The number of carbonyl (C=O) groups is 1. The van der Waals surface area contributed by atoms with Crippen molar-refractivity contribution in [3.63, 3.8) is 0 Å². The van der Waals surface area contributed by atoms with E-state index in [-0.39, 0.29) is 11.3 Å². The predicted octanol–water partition coefficient (Wildman–Crippen LogP) is 7.52. The second-order valence-electron chi connectivity index (χ2n) is 7.75. The van der Waals surface area contributed by atoms with Gasteiger partial charge < -0.3 is 9.47 Å². The van der Waals surface area contributed by atoms with Crippen molar-refractivity contribution in [1.82, 2.24) is 0 Å². The van der Waals surface area contributed by atoms with Gasteiger partial charge in [-0.3, -0.25) is 0 Å². The number of carbonyl (C=O) groups excluding carboxylic acids is 1. The molecule has 0 aliphatic heterocycles. The molecular weight excluding hydrogens is 379 g/mol. The molecule has 0 amide bonds. The summed E-state index contributed by atoms with van der Waals surface area (Å²) < 4.78 is 25.2. The molecule has 0 aliphatic carbocycles. The Hall–Kier alpha value is -2.36. The average Bonchev–Trinajstić information content (AvgIpc) is 2.75. The van der Waals surface area contributed by atoms with Gasteiger partial charge in [-0.05, 0) is 55.2 Å². The van der Waals surface area contributed by atoms with Crippen LogP contribution in [0.5, 0.6) is 11.5 Å². The summed E-state index contributed by atoms with van der Waals surface area (Å²) in [6.45, 7) is 4.85. The van der Waals surface area contributed by atoms with E-state index in [0.717, 1.165) is 25.7 Å². The number of ether oxygens (including phenoxy) is 2. The van der Waals surface area contributed by atoms with Crippen LogP contribution in [0.2, 0.25) is 0 Å². The van der Waals surface area contributed by atoms with Crippen LogP contribution in [0.4, 0.5) is 4.39 Å². The molecule has 0 N–H and O–H groups in total. The zero-order chi connectivity index (χ0) is 21.6. The van der Waals surface area contributed by atoms with Gasteiger partial charge in [0.2, 0.25) is 0 Å². The maximum absolute atomic E-state index is 14.3. The third-order valence-electron chi connectivity index (χ3n) is 5.13. The van der Waals surface area contributed by atoms with Crippen LogP contribution < -0.4 is 9.47 Å². The van der Waals surface area contributed by atoms with Gasteiger partial charge in [0.1, 0.15) is 5.75 Å². The van der Waals surface area contributed by atoms with Crippen LogP contribution in [0.15, 0.2) is 42.5 Å². The monoisotopic (exact) mass is 414 g/mol. The molecule has 0 saturated heterocycles. The molecule has 3 nitrogen and oxygen atoms in total. The van der Waals surface area contributed by atoms with E-state index in [1.54, 1.807) is 18.2 Å². The van der Waals surface area contributed by atoms with Crippen LogP contribution in [0.25, 0.3) is 0 Å². The van der Waals surface area contributed by atoms with E-state index in [2.05, 4.69) is 13.8 Å². The van der Waals surface area contributed by atoms with Gasteiger partial charge in [0.05, 0.1) is 12.2 Å². The van der Waals surface area contributed by atoms with Crippen LogP contribution in [-0.2, 0) is 6.42 Å². The summed E-state index contributed by atoms with van der Waals surface area (Å²) in [6, 6.07) is 11.7. The van der Waals surface area contributed by atoms with Crippen LogP contribution in [0.1, 0.15) is 87.6 Å². The van der Waals surface area contributed by atoms with Gasteiger partial charge in [-0.15, -0.1) is 0 Å². The standard InChI is InChI=1S/C26H35FO3/c1-3-5-7-8-9-11-19-29-25-18-15-22(20-24(25)27)26(28)30-23-16-13-21(14-17-23)12-10-6-4-2/h13-18,20H,3-12,19H2,1-2H3. The second kappa shape index (κ2) is 13.8. The quantitative estimate of drug-likeness (QED) is 0.182. The van der Waals surface area contributed by atoms with Crippen LogP contribution in [0, 0.1) is 5.82 Å². The fourth-order valence-electron chi connectivity index (χ4n) is 3.28.